The van der Waals surface area contributed by atoms with Crippen molar-refractivity contribution in [3.05, 3.63) is 17.5 Å². The third kappa shape index (κ3) is 3.66. The number of anilines is 1. The molecule has 1 N–H and O–H groups in total. The molecule has 2 amide bonds. The molecule has 1 aliphatic rings. The fraction of sp³-hybridized carbons (Fsp3) is 0.643. The van der Waals surface area contributed by atoms with Crippen molar-refractivity contribution in [2.75, 3.05) is 18.4 Å². The van der Waals surface area contributed by atoms with E-state index in [2.05, 4.69) is 24.8 Å². The lowest BCUT2D eigenvalue weighted by molar-refractivity contribution is 0.184. The lowest BCUT2D eigenvalue weighted by Crippen LogP contribution is -2.41. The number of hydrogen-bond donors (Lipinski definition) is 1. The lowest BCUT2D eigenvalue weighted by atomic mass is 9.98. The van der Waals surface area contributed by atoms with Gasteiger partial charge in [-0.3, -0.25) is 5.32 Å². The highest BCUT2D eigenvalue weighted by atomic mass is 32.1. The molecule has 1 saturated heterocycles. The fourth-order valence-corrected chi connectivity index (χ4v) is 3.09. The Morgan fingerprint density at radius 2 is 2.26 bits per heavy atom. The molecule has 1 aliphatic heterocycles. The molecular weight excluding hydrogens is 316 g/mol. The van der Waals surface area contributed by atoms with Gasteiger partial charge in [-0.25, -0.2) is 9.78 Å². The van der Waals surface area contributed by atoms with Crippen LogP contribution in [-0.2, 0) is 0 Å². The SMILES string of the molecule is Cc1nsc(NC(=O)N2CCC[C@@H](c3nc(C(C)C)no3)C2)n1. The van der Waals surface area contributed by atoms with Gasteiger partial charge in [0.2, 0.25) is 11.0 Å². The molecule has 1 atom stereocenters. The van der Waals surface area contributed by atoms with Crippen LogP contribution in [0.3, 0.4) is 0 Å². The highest BCUT2D eigenvalue weighted by Crippen LogP contribution is 2.27. The topological polar surface area (TPSA) is 97.0 Å². The minimum absolute atomic E-state index is 0.0886. The van der Waals surface area contributed by atoms with Gasteiger partial charge in [-0.15, -0.1) is 0 Å². The van der Waals surface area contributed by atoms with E-state index in [0.717, 1.165) is 12.8 Å². The third-order valence-corrected chi connectivity index (χ3v) is 4.49. The van der Waals surface area contributed by atoms with Crippen LogP contribution in [0.15, 0.2) is 4.52 Å². The first-order valence-corrected chi connectivity index (χ1v) is 8.50. The summed E-state index contributed by atoms with van der Waals surface area (Å²) in [7, 11) is 0. The normalized spacial score (nSPS) is 18.4. The summed E-state index contributed by atoms with van der Waals surface area (Å²) in [6, 6.07) is -0.158. The Labute approximate surface area is 138 Å². The molecule has 0 spiro atoms. The summed E-state index contributed by atoms with van der Waals surface area (Å²) >= 11 is 1.18. The van der Waals surface area contributed by atoms with E-state index in [4.69, 9.17) is 4.52 Å². The maximum atomic E-state index is 12.4. The Morgan fingerprint density at radius 1 is 1.43 bits per heavy atom. The molecule has 124 valence electrons. The van der Waals surface area contributed by atoms with Gasteiger partial charge < -0.3 is 9.42 Å². The highest BCUT2D eigenvalue weighted by Gasteiger charge is 2.29. The average molecular weight is 336 g/mol. The maximum absolute atomic E-state index is 12.4. The smallest absolute Gasteiger partial charge is 0.323 e. The summed E-state index contributed by atoms with van der Waals surface area (Å²) in [6.45, 7) is 7.14. The number of nitrogens with zero attached hydrogens (tertiary/aromatic N) is 5. The second-order valence-corrected chi connectivity index (χ2v) is 6.76. The molecule has 1 fully saturated rings. The van der Waals surface area contributed by atoms with Gasteiger partial charge in [-0.1, -0.05) is 19.0 Å². The van der Waals surface area contributed by atoms with Gasteiger partial charge >= 0.3 is 6.03 Å². The largest absolute Gasteiger partial charge is 0.339 e. The molecule has 0 saturated carbocycles. The summed E-state index contributed by atoms with van der Waals surface area (Å²) in [5.74, 6) is 2.32. The Kier molecular flexibility index (Phi) is 4.56. The number of carbonyl (C=O) groups excluding carboxylic acids is 1. The number of rotatable bonds is 3. The van der Waals surface area contributed by atoms with Crippen molar-refractivity contribution < 1.29 is 9.32 Å². The van der Waals surface area contributed by atoms with Crippen LogP contribution < -0.4 is 5.32 Å². The molecule has 0 bridgehead atoms. The predicted octanol–water partition coefficient (Wildman–Crippen LogP) is 2.76. The van der Waals surface area contributed by atoms with Crippen molar-refractivity contribution in [3.8, 4) is 0 Å². The van der Waals surface area contributed by atoms with E-state index < -0.39 is 0 Å². The molecule has 0 aromatic carbocycles. The van der Waals surface area contributed by atoms with Crippen LogP contribution in [-0.4, -0.2) is 43.5 Å². The van der Waals surface area contributed by atoms with E-state index in [1.54, 1.807) is 11.8 Å². The molecule has 3 heterocycles. The third-order valence-electron chi connectivity index (χ3n) is 3.77. The number of hydrogen-bond acceptors (Lipinski definition) is 7. The Bertz CT molecular complexity index is 682. The van der Waals surface area contributed by atoms with Crippen molar-refractivity contribution in [2.45, 2.75) is 45.4 Å². The zero-order valence-electron chi connectivity index (χ0n) is 13.4. The number of aryl methyl sites for hydroxylation is 1. The summed E-state index contributed by atoms with van der Waals surface area (Å²) in [5.41, 5.74) is 0. The van der Waals surface area contributed by atoms with Crippen LogP contribution >= 0.6 is 11.5 Å². The number of carbonyl (C=O) groups is 1. The number of likely N-dealkylation sites (tertiary alicyclic amines) is 1. The molecule has 2 aromatic heterocycles. The number of amides is 2. The molecule has 0 aliphatic carbocycles. The molecule has 9 heteroatoms. The Hall–Kier alpha value is -2.03. The first kappa shape index (κ1) is 15.9. The van der Waals surface area contributed by atoms with E-state index in [1.807, 2.05) is 13.8 Å². The van der Waals surface area contributed by atoms with E-state index >= 15 is 0 Å². The van der Waals surface area contributed by atoms with E-state index in [1.165, 1.54) is 11.5 Å². The zero-order valence-corrected chi connectivity index (χ0v) is 14.3. The van der Waals surface area contributed by atoms with Crippen molar-refractivity contribution >= 4 is 22.7 Å². The van der Waals surface area contributed by atoms with Crippen molar-refractivity contribution in [3.63, 3.8) is 0 Å². The van der Waals surface area contributed by atoms with E-state index in [-0.39, 0.29) is 17.9 Å². The van der Waals surface area contributed by atoms with Gasteiger partial charge in [0.1, 0.15) is 5.82 Å². The lowest BCUT2D eigenvalue weighted by Gasteiger charge is -2.30. The van der Waals surface area contributed by atoms with Crippen LogP contribution in [0.25, 0.3) is 0 Å². The quantitative estimate of drug-likeness (QED) is 0.925. The zero-order chi connectivity index (χ0) is 16.4. The second kappa shape index (κ2) is 6.61. The minimum atomic E-state index is -0.158. The molecule has 0 radical (unpaired) electrons. The molecule has 23 heavy (non-hydrogen) atoms. The van der Waals surface area contributed by atoms with E-state index in [9.17, 15) is 4.79 Å². The van der Waals surface area contributed by atoms with Crippen LogP contribution in [0.1, 0.15) is 56.1 Å². The molecular formula is C14H20N6O2S. The average Bonchev–Trinajstić information content (AvgIpc) is 3.17. The second-order valence-electron chi connectivity index (χ2n) is 6.01. The maximum Gasteiger partial charge on any atom is 0.323 e. The number of piperidine rings is 1. The predicted molar refractivity (Wildman–Crippen MR) is 85.6 cm³/mol. The number of urea groups is 1. The molecule has 8 nitrogen and oxygen atoms in total. The van der Waals surface area contributed by atoms with Crippen molar-refractivity contribution in [2.24, 2.45) is 0 Å². The highest BCUT2D eigenvalue weighted by molar-refractivity contribution is 7.09. The van der Waals surface area contributed by atoms with Crippen LogP contribution in [0.2, 0.25) is 0 Å². The summed E-state index contributed by atoms with van der Waals surface area (Å²) in [5, 5.41) is 7.33. The number of aromatic nitrogens is 4. The standard InChI is InChI=1S/C14H20N6O2S/c1-8(2)11-16-12(22-18-11)10-5-4-6-20(7-10)14(21)17-13-15-9(3)19-23-13/h8,10H,4-7H2,1-3H3,(H,15,17,19,21)/t10-/m1/s1. The van der Waals surface area contributed by atoms with Gasteiger partial charge in [0.05, 0.1) is 5.92 Å². The molecule has 0 unspecified atom stereocenters. The monoisotopic (exact) mass is 336 g/mol. The van der Waals surface area contributed by atoms with Gasteiger partial charge in [0.15, 0.2) is 5.82 Å². The first-order valence-electron chi connectivity index (χ1n) is 7.72. The minimum Gasteiger partial charge on any atom is -0.339 e. The summed E-state index contributed by atoms with van der Waals surface area (Å²) in [4.78, 5) is 22.7. The van der Waals surface area contributed by atoms with Gasteiger partial charge in [0.25, 0.3) is 0 Å². The van der Waals surface area contributed by atoms with Crippen LogP contribution in [0.5, 0.6) is 0 Å². The fourth-order valence-electron chi connectivity index (χ4n) is 2.53. The first-order chi connectivity index (χ1) is 11.0. The van der Waals surface area contributed by atoms with Crippen molar-refractivity contribution in [1.82, 2.24) is 24.4 Å². The van der Waals surface area contributed by atoms with Gasteiger partial charge in [-0.2, -0.15) is 9.36 Å². The van der Waals surface area contributed by atoms with Crippen LogP contribution in [0.4, 0.5) is 9.93 Å². The summed E-state index contributed by atoms with van der Waals surface area (Å²) in [6.07, 6.45) is 1.86. The Balaban J connectivity index is 1.64. The van der Waals surface area contributed by atoms with E-state index in [0.29, 0.717) is 35.8 Å². The molecule has 2 aromatic rings. The Morgan fingerprint density at radius 3 is 2.91 bits per heavy atom. The van der Waals surface area contributed by atoms with Gasteiger partial charge in [-0.05, 0) is 19.8 Å². The van der Waals surface area contributed by atoms with Crippen LogP contribution in [0, 0.1) is 6.92 Å². The van der Waals surface area contributed by atoms with Crippen molar-refractivity contribution in [1.29, 1.82) is 0 Å². The molecule has 3 rings (SSSR count). The van der Waals surface area contributed by atoms with Gasteiger partial charge in [0, 0.05) is 30.5 Å². The summed E-state index contributed by atoms with van der Waals surface area (Å²) < 4.78 is 9.44. The number of nitrogens with one attached hydrogen (secondary N) is 1.